The molecular formula is C9H9NO3S. The summed E-state index contributed by atoms with van der Waals surface area (Å²) in [6.07, 6.45) is 0.777. The van der Waals surface area contributed by atoms with E-state index in [4.69, 9.17) is 4.55 Å². The van der Waals surface area contributed by atoms with Crippen molar-refractivity contribution in [2.45, 2.75) is 11.3 Å². The van der Waals surface area contributed by atoms with Crippen LogP contribution in [0.25, 0.3) is 0 Å². The van der Waals surface area contributed by atoms with Crippen LogP contribution in [-0.4, -0.2) is 21.2 Å². The summed E-state index contributed by atoms with van der Waals surface area (Å²) in [7, 11) is 0. The number of carbonyl (C=O) groups excluding carboxylic acids is 1. The van der Waals surface area contributed by atoms with Gasteiger partial charge in [0, 0.05) is 12.1 Å². The zero-order valence-corrected chi connectivity index (χ0v) is 8.13. The maximum atomic E-state index is 11.4. The summed E-state index contributed by atoms with van der Waals surface area (Å²) in [5, 5.41) is 2.68. The van der Waals surface area contributed by atoms with E-state index in [-0.39, 0.29) is 10.8 Å². The Morgan fingerprint density at radius 3 is 2.93 bits per heavy atom. The van der Waals surface area contributed by atoms with Crippen LogP contribution >= 0.6 is 0 Å². The zero-order valence-electron chi connectivity index (χ0n) is 7.32. The highest BCUT2D eigenvalue weighted by Crippen LogP contribution is 2.17. The molecule has 1 aliphatic rings. The van der Waals surface area contributed by atoms with Crippen LogP contribution in [0.1, 0.15) is 15.9 Å². The van der Waals surface area contributed by atoms with Gasteiger partial charge in [-0.25, -0.2) is 4.21 Å². The van der Waals surface area contributed by atoms with E-state index in [1.165, 1.54) is 6.07 Å². The molecule has 1 amide bonds. The lowest BCUT2D eigenvalue weighted by atomic mass is 10.0. The van der Waals surface area contributed by atoms with Gasteiger partial charge in [-0.1, -0.05) is 6.07 Å². The third-order valence-corrected chi connectivity index (χ3v) is 2.86. The Morgan fingerprint density at radius 2 is 2.21 bits per heavy atom. The number of benzene rings is 1. The minimum atomic E-state index is -2.02. The highest BCUT2D eigenvalue weighted by atomic mass is 32.2. The van der Waals surface area contributed by atoms with E-state index < -0.39 is 11.1 Å². The third kappa shape index (κ3) is 1.56. The van der Waals surface area contributed by atoms with E-state index in [0.717, 1.165) is 12.0 Å². The molecule has 0 bridgehead atoms. The van der Waals surface area contributed by atoms with E-state index in [9.17, 15) is 9.00 Å². The fraction of sp³-hybridized carbons (Fsp3) is 0.222. The van der Waals surface area contributed by atoms with Crippen molar-refractivity contribution < 1.29 is 13.6 Å². The van der Waals surface area contributed by atoms with Gasteiger partial charge >= 0.3 is 0 Å². The lowest BCUT2D eigenvalue weighted by Crippen LogP contribution is -2.31. The fourth-order valence-electron chi connectivity index (χ4n) is 1.50. The molecule has 0 spiro atoms. The second-order valence-electron chi connectivity index (χ2n) is 3.07. The molecule has 0 aliphatic carbocycles. The Morgan fingerprint density at radius 1 is 1.43 bits per heavy atom. The van der Waals surface area contributed by atoms with Gasteiger partial charge in [0.15, 0.2) is 11.1 Å². The molecule has 0 fully saturated rings. The van der Waals surface area contributed by atoms with Crippen LogP contribution in [0, 0.1) is 0 Å². The summed E-state index contributed by atoms with van der Waals surface area (Å²) < 4.78 is 19.6. The Kier molecular flexibility index (Phi) is 2.35. The van der Waals surface area contributed by atoms with Gasteiger partial charge in [-0.05, 0) is 24.1 Å². The van der Waals surface area contributed by atoms with Crippen LogP contribution in [0.4, 0.5) is 0 Å². The molecule has 74 valence electrons. The van der Waals surface area contributed by atoms with E-state index >= 15 is 0 Å². The predicted molar refractivity (Wildman–Crippen MR) is 51.5 cm³/mol. The molecule has 1 aromatic carbocycles. The molecule has 1 aliphatic heterocycles. The van der Waals surface area contributed by atoms with Crippen molar-refractivity contribution in [3.8, 4) is 0 Å². The fourth-order valence-corrected chi connectivity index (χ4v) is 1.90. The molecule has 14 heavy (non-hydrogen) atoms. The lowest BCUT2D eigenvalue weighted by Gasteiger charge is -2.16. The molecule has 2 N–H and O–H groups in total. The quantitative estimate of drug-likeness (QED) is 0.667. The Balaban J connectivity index is 2.51. The Bertz CT molecular complexity index is 417. The van der Waals surface area contributed by atoms with Gasteiger partial charge in [0.2, 0.25) is 0 Å². The molecule has 4 nitrogen and oxygen atoms in total. The largest absolute Gasteiger partial charge is 0.352 e. The molecule has 0 saturated carbocycles. The summed E-state index contributed by atoms with van der Waals surface area (Å²) in [5.41, 5.74) is 1.44. The average molecular weight is 211 g/mol. The van der Waals surface area contributed by atoms with Gasteiger partial charge in [-0.3, -0.25) is 4.79 Å². The van der Waals surface area contributed by atoms with Crippen molar-refractivity contribution >= 4 is 17.0 Å². The van der Waals surface area contributed by atoms with Gasteiger partial charge in [0.05, 0.1) is 4.90 Å². The third-order valence-electron chi connectivity index (χ3n) is 2.21. The van der Waals surface area contributed by atoms with Crippen LogP contribution < -0.4 is 5.32 Å². The number of rotatable bonds is 1. The van der Waals surface area contributed by atoms with Crippen molar-refractivity contribution in [1.82, 2.24) is 5.32 Å². The normalized spacial score (nSPS) is 17.1. The molecule has 1 heterocycles. The Labute approximate surface area is 83.6 Å². The van der Waals surface area contributed by atoms with Gasteiger partial charge in [0.1, 0.15) is 0 Å². The standard InChI is InChI=1S/C9H9NO3S/c11-9-8-5-7(14(12)13)2-1-6(8)3-4-10-9/h1-2,5H,3-4H2,(H,10,11)(H,12,13). The summed E-state index contributed by atoms with van der Waals surface area (Å²) in [4.78, 5) is 11.6. The van der Waals surface area contributed by atoms with Crippen molar-refractivity contribution in [2.24, 2.45) is 0 Å². The molecule has 0 radical (unpaired) electrons. The molecule has 1 atom stereocenters. The minimum Gasteiger partial charge on any atom is -0.352 e. The smallest absolute Gasteiger partial charge is 0.251 e. The predicted octanol–water partition coefficient (Wildman–Crippen LogP) is 0.553. The average Bonchev–Trinajstić information content (AvgIpc) is 2.18. The number of carbonyl (C=O) groups is 1. The molecule has 1 aromatic rings. The number of hydrogen-bond acceptors (Lipinski definition) is 2. The number of nitrogens with one attached hydrogen (secondary N) is 1. The number of hydrogen-bond donors (Lipinski definition) is 2. The van der Waals surface area contributed by atoms with Crippen LogP contribution in [0.3, 0.4) is 0 Å². The van der Waals surface area contributed by atoms with Crippen LogP contribution in [0.5, 0.6) is 0 Å². The minimum absolute atomic E-state index is 0.168. The number of fused-ring (bicyclic) bond motifs is 1. The van der Waals surface area contributed by atoms with Crippen molar-refractivity contribution in [2.75, 3.05) is 6.54 Å². The molecule has 2 rings (SSSR count). The van der Waals surface area contributed by atoms with Gasteiger partial charge < -0.3 is 9.87 Å². The first-order chi connectivity index (χ1) is 6.68. The SMILES string of the molecule is O=C1NCCc2ccc(S(=O)O)cc21. The second-order valence-corrected chi connectivity index (χ2v) is 4.04. The summed E-state index contributed by atoms with van der Waals surface area (Å²) in [5.74, 6) is -0.168. The van der Waals surface area contributed by atoms with Crippen LogP contribution in [0.2, 0.25) is 0 Å². The molecule has 0 saturated heterocycles. The van der Waals surface area contributed by atoms with Crippen molar-refractivity contribution in [3.63, 3.8) is 0 Å². The summed E-state index contributed by atoms with van der Waals surface area (Å²) in [6.45, 7) is 0.632. The van der Waals surface area contributed by atoms with Gasteiger partial charge in [0.25, 0.3) is 5.91 Å². The maximum absolute atomic E-state index is 11.4. The molecule has 5 heteroatoms. The van der Waals surface area contributed by atoms with Crippen molar-refractivity contribution in [1.29, 1.82) is 0 Å². The highest BCUT2D eigenvalue weighted by Gasteiger charge is 2.17. The zero-order chi connectivity index (χ0) is 10.1. The van der Waals surface area contributed by atoms with E-state index in [2.05, 4.69) is 5.32 Å². The topological polar surface area (TPSA) is 66.4 Å². The first kappa shape index (κ1) is 9.36. The van der Waals surface area contributed by atoms with Gasteiger partial charge in [-0.2, -0.15) is 0 Å². The summed E-state index contributed by atoms with van der Waals surface area (Å²) in [6, 6.07) is 4.78. The molecule has 0 aromatic heterocycles. The summed E-state index contributed by atoms with van der Waals surface area (Å²) >= 11 is -2.02. The van der Waals surface area contributed by atoms with E-state index in [1.807, 2.05) is 0 Å². The molecule has 1 unspecified atom stereocenters. The first-order valence-electron chi connectivity index (χ1n) is 4.20. The molecular weight excluding hydrogens is 202 g/mol. The van der Waals surface area contributed by atoms with Crippen molar-refractivity contribution in [3.05, 3.63) is 29.3 Å². The second kappa shape index (κ2) is 3.51. The monoisotopic (exact) mass is 211 g/mol. The van der Waals surface area contributed by atoms with Gasteiger partial charge in [-0.15, -0.1) is 0 Å². The van der Waals surface area contributed by atoms with Crippen LogP contribution in [0.15, 0.2) is 23.1 Å². The highest BCUT2D eigenvalue weighted by molar-refractivity contribution is 7.79. The lowest BCUT2D eigenvalue weighted by molar-refractivity contribution is 0.0946. The van der Waals surface area contributed by atoms with E-state index in [0.29, 0.717) is 12.1 Å². The number of amides is 1. The van der Waals surface area contributed by atoms with E-state index in [1.54, 1.807) is 12.1 Å². The first-order valence-corrected chi connectivity index (χ1v) is 5.31. The van der Waals surface area contributed by atoms with Crippen LogP contribution in [-0.2, 0) is 17.5 Å². The maximum Gasteiger partial charge on any atom is 0.251 e. The Hall–Kier alpha value is -1.20.